The van der Waals surface area contributed by atoms with Crippen molar-refractivity contribution in [3.8, 4) is 11.8 Å². The van der Waals surface area contributed by atoms with E-state index in [0.29, 0.717) is 5.57 Å². The van der Waals surface area contributed by atoms with Crippen LogP contribution in [0.5, 0.6) is 5.75 Å². The van der Waals surface area contributed by atoms with E-state index in [9.17, 15) is 5.26 Å². The first kappa shape index (κ1) is 16.8. The fraction of sp³-hybridized carbons (Fsp3) is 0.0455. The first-order chi connectivity index (χ1) is 12.7. The predicted molar refractivity (Wildman–Crippen MR) is 114 cm³/mol. The van der Waals surface area contributed by atoms with Gasteiger partial charge in [-0.15, -0.1) is 11.3 Å². The first-order valence-corrected chi connectivity index (χ1v) is 9.73. The molecule has 0 aliphatic carbocycles. The van der Waals surface area contributed by atoms with Gasteiger partial charge in [0.2, 0.25) is 0 Å². The van der Waals surface area contributed by atoms with E-state index in [1.165, 1.54) is 4.70 Å². The van der Waals surface area contributed by atoms with E-state index >= 15 is 0 Å². The Hall–Kier alpha value is -2.61. The third-order valence-electron chi connectivity index (χ3n) is 4.38. The van der Waals surface area contributed by atoms with Crippen molar-refractivity contribution >= 4 is 59.8 Å². The third kappa shape index (κ3) is 2.90. The van der Waals surface area contributed by atoms with Gasteiger partial charge >= 0.3 is 0 Å². The van der Waals surface area contributed by atoms with Crippen LogP contribution >= 0.6 is 27.3 Å². The molecule has 4 rings (SSSR count). The summed E-state index contributed by atoms with van der Waals surface area (Å²) in [4.78, 5) is 0. The molecule has 0 radical (unpaired) electrons. The number of allylic oxidation sites excluding steroid dienone is 1. The Bertz CT molecular complexity index is 1200. The van der Waals surface area contributed by atoms with E-state index in [1.54, 1.807) is 18.4 Å². The Morgan fingerprint density at radius 2 is 1.96 bits per heavy atom. The number of methoxy groups -OCH3 is 1. The zero-order chi connectivity index (χ0) is 18.1. The second-order valence-electron chi connectivity index (χ2n) is 5.86. The number of thiophene rings is 1. The van der Waals surface area contributed by atoms with Crippen molar-refractivity contribution in [1.29, 1.82) is 5.26 Å². The highest BCUT2D eigenvalue weighted by Gasteiger charge is 2.12. The Balaban J connectivity index is 1.98. The van der Waals surface area contributed by atoms with Crippen LogP contribution in [0, 0.1) is 11.3 Å². The lowest BCUT2D eigenvalue weighted by molar-refractivity contribution is 0.414. The van der Waals surface area contributed by atoms with Crippen molar-refractivity contribution in [2.24, 2.45) is 0 Å². The fourth-order valence-electron chi connectivity index (χ4n) is 3.13. The molecular formula is C22H14BrNOS. The van der Waals surface area contributed by atoms with Crippen LogP contribution in [0.15, 0.2) is 64.5 Å². The number of nitriles is 1. The van der Waals surface area contributed by atoms with E-state index in [0.717, 1.165) is 37.5 Å². The molecule has 0 aliphatic heterocycles. The molecule has 0 fully saturated rings. The van der Waals surface area contributed by atoms with Gasteiger partial charge in [0.05, 0.1) is 18.8 Å². The molecule has 0 aliphatic rings. The molecule has 4 heteroatoms. The summed E-state index contributed by atoms with van der Waals surface area (Å²) in [5, 5.41) is 15.1. The van der Waals surface area contributed by atoms with Crippen LogP contribution in [0.4, 0.5) is 0 Å². The normalized spacial score (nSPS) is 11.7. The van der Waals surface area contributed by atoms with Gasteiger partial charge in [0, 0.05) is 31.1 Å². The van der Waals surface area contributed by atoms with Crippen LogP contribution in [0.2, 0.25) is 0 Å². The van der Waals surface area contributed by atoms with Gasteiger partial charge < -0.3 is 4.74 Å². The van der Waals surface area contributed by atoms with E-state index in [2.05, 4.69) is 46.3 Å². The molecule has 26 heavy (non-hydrogen) atoms. The van der Waals surface area contributed by atoms with Crippen molar-refractivity contribution in [3.63, 3.8) is 0 Å². The lowest BCUT2D eigenvalue weighted by atomic mass is 9.98. The minimum atomic E-state index is 0.635. The monoisotopic (exact) mass is 419 g/mol. The van der Waals surface area contributed by atoms with Gasteiger partial charge in [0.25, 0.3) is 0 Å². The summed E-state index contributed by atoms with van der Waals surface area (Å²) in [6, 6.07) is 20.6. The highest BCUT2D eigenvalue weighted by atomic mass is 79.9. The van der Waals surface area contributed by atoms with Crippen molar-refractivity contribution in [2.45, 2.75) is 0 Å². The van der Waals surface area contributed by atoms with Crippen LogP contribution < -0.4 is 4.74 Å². The molecule has 0 bridgehead atoms. The molecule has 1 heterocycles. The number of rotatable bonds is 3. The molecule has 0 N–H and O–H groups in total. The van der Waals surface area contributed by atoms with Gasteiger partial charge in [-0.3, -0.25) is 0 Å². The second kappa shape index (κ2) is 6.95. The SMILES string of the molecule is COc1ccc2cc(Br)ccc2c1/C=C(\C#N)c1csc2ccccc12. The molecule has 1 aromatic heterocycles. The average molecular weight is 420 g/mol. The molecule has 2 nitrogen and oxygen atoms in total. The number of hydrogen-bond donors (Lipinski definition) is 0. The number of nitrogens with zero attached hydrogens (tertiary/aromatic N) is 1. The van der Waals surface area contributed by atoms with Gasteiger partial charge in [0.15, 0.2) is 0 Å². The van der Waals surface area contributed by atoms with Crippen molar-refractivity contribution in [1.82, 2.24) is 0 Å². The number of ether oxygens (including phenoxy) is 1. The molecule has 4 aromatic rings. The topological polar surface area (TPSA) is 33.0 Å². The summed E-state index contributed by atoms with van der Waals surface area (Å²) >= 11 is 5.17. The smallest absolute Gasteiger partial charge is 0.126 e. The minimum Gasteiger partial charge on any atom is -0.496 e. The number of fused-ring (bicyclic) bond motifs is 2. The Morgan fingerprint density at radius 1 is 1.12 bits per heavy atom. The first-order valence-electron chi connectivity index (χ1n) is 8.06. The lowest BCUT2D eigenvalue weighted by Crippen LogP contribution is -1.90. The molecule has 3 aromatic carbocycles. The number of hydrogen-bond acceptors (Lipinski definition) is 3. The quantitative estimate of drug-likeness (QED) is 0.338. The van der Waals surface area contributed by atoms with Crippen LogP contribution in [0.25, 0.3) is 32.5 Å². The molecule has 126 valence electrons. The third-order valence-corrected chi connectivity index (χ3v) is 5.84. The van der Waals surface area contributed by atoms with Gasteiger partial charge in [-0.2, -0.15) is 5.26 Å². The number of benzene rings is 3. The molecule has 0 spiro atoms. The predicted octanol–water partition coefficient (Wildman–Crippen LogP) is 6.89. The number of halogens is 1. The largest absolute Gasteiger partial charge is 0.496 e. The van der Waals surface area contributed by atoms with Crippen molar-refractivity contribution < 1.29 is 4.74 Å². The highest BCUT2D eigenvalue weighted by Crippen LogP contribution is 2.36. The Kier molecular flexibility index (Phi) is 4.50. The van der Waals surface area contributed by atoms with E-state index in [4.69, 9.17) is 4.74 Å². The zero-order valence-electron chi connectivity index (χ0n) is 14.0. The molecule has 0 saturated heterocycles. The average Bonchev–Trinajstić information content (AvgIpc) is 3.09. The molecule has 0 amide bonds. The summed E-state index contributed by atoms with van der Waals surface area (Å²) < 4.78 is 7.77. The minimum absolute atomic E-state index is 0.635. The summed E-state index contributed by atoms with van der Waals surface area (Å²) in [7, 11) is 1.66. The maximum atomic E-state index is 9.84. The fourth-order valence-corrected chi connectivity index (χ4v) is 4.47. The molecule has 0 saturated carbocycles. The Labute approximate surface area is 164 Å². The van der Waals surface area contributed by atoms with Crippen molar-refractivity contribution in [2.75, 3.05) is 7.11 Å². The summed E-state index contributed by atoms with van der Waals surface area (Å²) in [5.74, 6) is 0.757. The van der Waals surface area contributed by atoms with Gasteiger partial charge in [-0.05, 0) is 41.1 Å². The van der Waals surface area contributed by atoms with E-state index in [-0.39, 0.29) is 0 Å². The van der Waals surface area contributed by atoms with Gasteiger partial charge in [-0.25, -0.2) is 0 Å². The van der Waals surface area contributed by atoms with Crippen LogP contribution in [-0.4, -0.2) is 7.11 Å². The Morgan fingerprint density at radius 3 is 2.77 bits per heavy atom. The zero-order valence-corrected chi connectivity index (χ0v) is 16.4. The molecule has 0 atom stereocenters. The summed E-state index contributed by atoms with van der Waals surface area (Å²) in [6.45, 7) is 0. The van der Waals surface area contributed by atoms with Crippen LogP contribution in [0.1, 0.15) is 11.1 Å². The van der Waals surface area contributed by atoms with Gasteiger partial charge in [-0.1, -0.05) is 46.3 Å². The maximum absolute atomic E-state index is 9.84. The molecule has 0 unspecified atom stereocenters. The lowest BCUT2D eigenvalue weighted by Gasteiger charge is -2.10. The van der Waals surface area contributed by atoms with Crippen LogP contribution in [0.3, 0.4) is 0 Å². The van der Waals surface area contributed by atoms with Crippen LogP contribution in [-0.2, 0) is 0 Å². The summed E-state index contributed by atoms with van der Waals surface area (Å²) in [6.07, 6.45) is 1.93. The molecular weight excluding hydrogens is 406 g/mol. The van der Waals surface area contributed by atoms with Gasteiger partial charge in [0.1, 0.15) is 5.75 Å². The highest BCUT2D eigenvalue weighted by molar-refractivity contribution is 9.10. The van der Waals surface area contributed by atoms with Crippen molar-refractivity contribution in [3.05, 3.63) is 75.6 Å². The standard InChI is InChI=1S/C22H14BrNOS/c1-25-21-9-6-14-10-16(23)7-8-17(14)19(21)11-15(12-24)20-13-26-22-5-3-2-4-18(20)22/h2-11,13H,1H3/b15-11+. The summed E-state index contributed by atoms with van der Waals surface area (Å²) in [5.41, 5.74) is 2.52. The second-order valence-corrected chi connectivity index (χ2v) is 7.69. The van der Waals surface area contributed by atoms with E-state index in [1.807, 2.05) is 41.8 Å². The van der Waals surface area contributed by atoms with E-state index < -0.39 is 0 Å². The maximum Gasteiger partial charge on any atom is 0.126 e.